The molecule has 1 amide bonds. The number of carbonyl (C=O) groups is 2. The van der Waals surface area contributed by atoms with Crippen molar-refractivity contribution < 1.29 is 19.8 Å². The number of carboxylic acids is 1. The number of aliphatic hydroxyl groups is 1. The fourth-order valence-corrected chi connectivity index (χ4v) is 2.59. The van der Waals surface area contributed by atoms with Gasteiger partial charge in [-0.2, -0.15) is 0 Å². The molecule has 0 spiro atoms. The third-order valence-corrected chi connectivity index (χ3v) is 3.59. The topological polar surface area (TPSA) is 77.8 Å². The van der Waals surface area contributed by atoms with Crippen LogP contribution in [0.3, 0.4) is 0 Å². The standard InChI is InChI=1S/C15H19NO4/c1-10-3-2-4-11(7-10)5-6-14(18)16-9-12(17)8-13(16)15(19)20/h2-4,7,12-13,17H,5-6,8-9H2,1H3,(H,19,20). The highest BCUT2D eigenvalue weighted by atomic mass is 16.4. The van der Waals surface area contributed by atoms with Crippen LogP contribution in [-0.4, -0.2) is 45.7 Å². The lowest BCUT2D eigenvalue weighted by Crippen LogP contribution is -2.40. The first-order valence-electron chi connectivity index (χ1n) is 6.73. The van der Waals surface area contributed by atoms with Crippen molar-refractivity contribution in [2.24, 2.45) is 0 Å². The molecule has 1 aromatic rings. The van der Waals surface area contributed by atoms with Crippen LogP contribution in [0.1, 0.15) is 24.0 Å². The molecule has 1 aromatic carbocycles. The van der Waals surface area contributed by atoms with Gasteiger partial charge in [0.15, 0.2) is 0 Å². The van der Waals surface area contributed by atoms with Crippen molar-refractivity contribution >= 4 is 11.9 Å². The Labute approximate surface area is 117 Å². The van der Waals surface area contributed by atoms with Crippen LogP contribution < -0.4 is 0 Å². The van der Waals surface area contributed by atoms with E-state index >= 15 is 0 Å². The number of hydrogen-bond acceptors (Lipinski definition) is 3. The predicted octanol–water partition coefficient (Wildman–Crippen LogP) is 0.974. The fourth-order valence-electron chi connectivity index (χ4n) is 2.59. The average molecular weight is 277 g/mol. The second-order valence-corrected chi connectivity index (χ2v) is 5.28. The van der Waals surface area contributed by atoms with Crippen LogP contribution in [-0.2, 0) is 16.0 Å². The molecule has 1 heterocycles. The molecule has 2 unspecified atom stereocenters. The van der Waals surface area contributed by atoms with E-state index in [1.165, 1.54) is 4.90 Å². The largest absolute Gasteiger partial charge is 0.480 e. The van der Waals surface area contributed by atoms with Gasteiger partial charge in [0.1, 0.15) is 6.04 Å². The molecule has 1 fully saturated rings. The molecule has 0 aliphatic carbocycles. The molecule has 1 saturated heterocycles. The lowest BCUT2D eigenvalue weighted by atomic mass is 10.1. The molecule has 5 heteroatoms. The Morgan fingerprint density at radius 2 is 2.15 bits per heavy atom. The molecular weight excluding hydrogens is 258 g/mol. The maximum Gasteiger partial charge on any atom is 0.326 e. The number of aryl methyl sites for hydroxylation is 2. The summed E-state index contributed by atoms with van der Waals surface area (Å²) in [5.41, 5.74) is 2.19. The first-order valence-corrected chi connectivity index (χ1v) is 6.73. The normalized spacial score (nSPS) is 22.0. The van der Waals surface area contributed by atoms with Gasteiger partial charge < -0.3 is 15.1 Å². The van der Waals surface area contributed by atoms with Gasteiger partial charge in [0.25, 0.3) is 0 Å². The van der Waals surface area contributed by atoms with E-state index in [0.29, 0.717) is 6.42 Å². The molecule has 2 N–H and O–H groups in total. The number of rotatable bonds is 4. The molecule has 1 aliphatic heterocycles. The van der Waals surface area contributed by atoms with Crippen molar-refractivity contribution in [1.29, 1.82) is 0 Å². The number of nitrogens with zero attached hydrogens (tertiary/aromatic N) is 1. The van der Waals surface area contributed by atoms with Crippen molar-refractivity contribution in [2.75, 3.05) is 6.54 Å². The number of carboxylic acid groups (broad SMARTS) is 1. The fraction of sp³-hybridized carbons (Fsp3) is 0.467. The molecule has 0 saturated carbocycles. The zero-order chi connectivity index (χ0) is 14.7. The lowest BCUT2D eigenvalue weighted by molar-refractivity contribution is -0.148. The highest BCUT2D eigenvalue weighted by Gasteiger charge is 2.38. The summed E-state index contributed by atoms with van der Waals surface area (Å²) in [6.07, 6.45) is 0.226. The highest BCUT2D eigenvalue weighted by Crippen LogP contribution is 2.20. The lowest BCUT2D eigenvalue weighted by Gasteiger charge is -2.21. The maximum atomic E-state index is 12.1. The van der Waals surface area contributed by atoms with E-state index in [9.17, 15) is 14.7 Å². The van der Waals surface area contributed by atoms with E-state index < -0.39 is 18.1 Å². The average Bonchev–Trinajstić information content (AvgIpc) is 2.78. The Morgan fingerprint density at radius 1 is 1.40 bits per heavy atom. The number of hydrogen-bond donors (Lipinski definition) is 2. The number of benzene rings is 1. The molecule has 2 atom stereocenters. The van der Waals surface area contributed by atoms with Crippen molar-refractivity contribution in [3.05, 3.63) is 35.4 Å². The third kappa shape index (κ3) is 3.36. The summed E-state index contributed by atoms with van der Waals surface area (Å²) >= 11 is 0. The molecule has 0 radical (unpaired) electrons. The zero-order valence-corrected chi connectivity index (χ0v) is 11.5. The van der Waals surface area contributed by atoms with Crippen LogP contribution in [0.25, 0.3) is 0 Å². The van der Waals surface area contributed by atoms with E-state index in [1.807, 2.05) is 31.2 Å². The summed E-state index contributed by atoms with van der Waals surface area (Å²) in [6.45, 7) is 2.10. The first kappa shape index (κ1) is 14.5. The smallest absolute Gasteiger partial charge is 0.326 e. The molecule has 1 aliphatic rings. The summed E-state index contributed by atoms with van der Waals surface area (Å²) < 4.78 is 0. The van der Waals surface area contributed by atoms with Crippen LogP contribution in [0.2, 0.25) is 0 Å². The molecular formula is C15H19NO4. The Bertz CT molecular complexity index is 514. The molecule has 108 valence electrons. The van der Waals surface area contributed by atoms with Crippen molar-refractivity contribution in [1.82, 2.24) is 4.90 Å². The second-order valence-electron chi connectivity index (χ2n) is 5.28. The van der Waals surface area contributed by atoms with E-state index in [4.69, 9.17) is 5.11 Å². The predicted molar refractivity (Wildman–Crippen MR) is 73.3 cm³/mol. The zero-order valence-electron chi connectivity index (χ0n) is 11.5. The van der Waals surface area contributed by atoms with E-state index in [2.05, 4.69) is 0 Å². The minimum Gasteiger partial charge on any atom is -0.480 e. The Balaban J connectivity index is 1.96. The molecule has 0 aromatic heterocycles. The minimum absolute atomic E-state index is 0.115. The summed E-state index contributed by atoms with van der Waals surface area (Å²) in [7, 11) is 0. The van der Waals surface area contributed by atoms with Crippen LogP contribution in [0.5, 0.6) is 0 Å². The Morgan fingerprint density at radius 3 is 2.80 bits per heavy atom. The summed E-state index contributed by atoms with van der Waals surface area (Å²) in [5, 5.41) is 18.6. The number of aliphatic carboxylic acids is 1. The monoisotopic (exact) mass is 277 g/mol. The summed E-state index contributed by atoms with van der Waals surface area (Å²) in [4.78, 5) is 24.5. The number of β-amino-alcohol motifs (C(OH)–C–C–N with tert-alkyl or cyclic N) is 1. The van der Waals surface area contributed by atoms with Gasteiger partial charge >= 0.3 is 5.97 Å². The van der Waals surface area contributed by atoms with Gasteiger partial charge in [-0.1, -0.05) is 29.8 Å². The third-order valence-electron chi connectivity index (χ3n) is 3.59. The van der Waals surface area contributed by atoms with Crippen LogP contribution in [0.4, 0.5) is 0 Å². The van der Waals surface area contributed by atoms with Gasteiger partial charge in [-0.15, -0.1) is 0 Å². The number of carbonyl (C=O) groups excluding carboxylic acids is 1. The van der Waals surface area contributed by atoms with Crippen molar-refractivity contribution in [3.8, 4) is 0 Å². The molecule has 20 heavy (non-hydrogen) atoms. The molecule has 5 nitrogen and oxygen atoms in total. The van der Waals surface area contributed by atoms with Gasteiger partial charge in [0, 0.05) is 19.4 Å². The minimum atomic E-state index is -1.05. The van der Waals surface area contributed by atoms with Gasteiger partial charge in [0.05, 0.1) is 6.10 Å². The Hall–Kier alpha value is -1.88. The van der Waals surface area contributed by atoms with E-state index in [-0.39, 0.29) is 25.3 Å². The number of amides is 1. The van der Waals surface area contributed by atoms with Crippen molar-refractivity contribution in [3.63, 3.8) is 0 Å². The van der Waals surface area contributed by atoms with Gasteiger partial charge in [-0.25, -0.2) is 4.79 Å². The quantitative estimate of drug-likeness (QED) is 0.859. The van der Waals surface area contributed by atoms with Gasteiger partial charge in [-0.3, -0.25) is 4.79 Å². The highest BCUT2D eigenvalue weighted by molar-refractivity contribution is 5.84. The number of aliphatic hydroxyl groups excluding tert-OH is 1. The summed E-state index contributed by atoms with van der Waals surface area (Å²) in [5.74, 6) is -1.26. The van der Waals surface area contributed by atoms with Gasteiger partial charge in [-0.05, 0) is 18.9 Å². The Kier molecular flexibility index (Phi) is 4.39. The maximum absolute atomic E-state index is 12.1. The molecule has 0 bridgehead atoms. The van der Waals surface area contributed by atoms with Crippen LogP contribution in [0, 0.1) is 6.92 Å². The molecule has 2 rings (SSSR count). The summed E-state index contributed by atoms with van der Waals surface area (Å²) in [6, 6.07) is 7.00. The first-order chi connectivity index (χ1) is 9.47. The van der Waals surface area contributed by atoms with Crippen LogP contribution >= 0.6 is 0 Å². The second kappa shape index (κ2) is 6.05. The van der Waals surface area contributed by atoms with E-state index in [0.717, 1.165) is 11.1 Å². The van der Waals surface area contributed by atoms with Gasteiger partial charge in [0.2, 0.25) is 5.91 Å². The van der Waals surface area contributed by atoms with Crippen molar-refractivity contribution in [2.45, 2.75) is 38.3 Å². The SMILES string of the molecule is Cc1cccc(CCC(=O)N2CC(O)CC2C(=O)O)c1. The number of likely N-dealkylation sites (tertiary alicyclic amines) is 1. The van der Waals surface area contributed by atoms with Crippen LogP contribution in [0.15, 0.2) is 24.3 Å². The van der Waals surface area contributed by atoms with E-state index in [1.54, 1.807) is 0 Å².